The zero-order chi connectivity index (χ0) is 21.0. The number of carbonyl (C=O) groups excluding carboxylic acids is 1. The Morgan fingerprint density at radius 2 is 1.86 bits per heavy atom. The molecule has 0 aliphatic heterocycles. The van der Waals surface area contributed by atoms with Crippen molar-refractivity contribution in [1.29, 1.82) is 0 Å². The van der Waals surface area contributed by atoms with Gasteiger partial charge in [-0.25, -0.2) is 8.42 Å². The maximum atomic E-state index is 13.3. The summed E-state index contributed by atoms with van der Waals surface area (Å²) in [6.45, 7) is 0.711. The number of nitrogens with zero attached hydrogens (tertiary/aromatic N) is 1. The number of amides is 1. The molecular formula is C21H20ClNO4S2. The molecule has 8 heteroatoms. The van der Waals surface area contributed by atoms with Crippen molar-refractivity contribution in [2.75, 3.05) is 13.4 Å². The van der Waals surface area contributed by atoms with Crippen LogP contribution in [0.4, 0.5) is 0 Å². The fourth-order valence-corrected chi connectivity index (χ4v) is 4.95. The van der Waals surface area contributed by atoms with Gasteiger partial charge in [0.05, 0.1) is 30.1 Å². The number of carbonyl (C=O) groups is 1. The van der Waals surface area contributed by atoms with Gasteiger partial charge in [-0.1, -0.05) is 35.9 Å². The van der Waals surface area contributed by atoms with Gasteiger partial charge in [0.2, 0.25) is 0 Å². The lowest BCUT2D eigenvalue weighted by molar-refractivity contribution is 0.0730. The van der Waals surface area contributed by atoms with Crippen molar-refractivity contribution in [3.05, 3.63) is 81.0 Å². The Balaban J connectivity index is 1.98. The molecule has 0 bridgehead atoms. The second-order valence-electron chi connectivity index (χ2n) is 6.47. The van der Waals surface area contributed by atoms with Crippen LogP contribution in [-0.4, -0.2) is 32.6 Å². The summed E-state index contributed by atoms with van der Waals surface area (Å²) in [7, 11) is -1.97. The molecule has 0 saturated heterocycles. The van der Waals surface area contributed by atoms with E-state index in [1.165, 1.54) is 12.1 Å². The van der Waals surface area contributed by atoms with Gasteiger partial charge in [0, 0.05) is 22.3 Å². The lowest BCUT2D eigenvalue weighted by Crippen LogP contribution is -2.30. The second-order valence-corrected chi connectivity index (χ2v) is 9.89. The largest absolute Gasteiger partial charge is 0.496 e. The number of ether oxygens (including phenoxy) is 1. The number of para-hydroxylation sites is 1. The van der Waals surface area contributed by atoms with Crippen LogP contribution in [0.5, 0.6) is 5.75 Å². The number of rotatable bonds is 7. The standard InChI is InChI=1S/C21H20ClNO4S2/c1-27-19-8-4-3-6-16(19)13-23(14-17-7-5-11-28-17)21(24)15-9-10-18(22)20(12-15)29(2,25)26/h3-12H,13-14H2,1-2H3. The van der Waals surface area contributed by atoms with Gasteiger partial charge in [-0.2, -0.15) is 0 Å². The summed E-state index contributed by atoms with van der Waals surface area (Å²) in [6, 6.07) is 15.7. The molecule has 0 aliphatic rings. The van der Waals surface area contributed by atoms with E-state index >= 15 is 0 Å². The van der Waals surface area contributed by atoms with E-state index in [4.69, 9.17) is 16.3 Å². The molecule has 1 aromatic heterocycles. The van der Waals surface area contributed by atoms with Crippen molar-refractivity contribution in [2.45, 2.75) is 18.0 Å². The minimum Gasteiger partial charge on any atom is -0.496 e. The van der Waals surface area contributed by atoms with Crippen molar-refractivity contribution >= 4 is 38.7 Å². The van der Waals surface area contributed by atoms with E-state index in [2.05, 4.69) is 0 Å². The van der Waals surface area contributed by atoms with E-state index < -0.39 is 9.84 Å². The lowest BCUT2D eigenvalue weighted by Gasteiger charge is -2.24. The first-order chi connectivity index (χ1) is 13.8. The lowest BCUT2D eigenvalue weighted by atomic mass is 10.1. The molecule has 0 fully saturated rings. The third-order valence-corrected chi connectivity index (χ3v) is 6.78. The van der Waals surface area contributed by atoms with Crippen LogP contribution in [-0.2, 0) is 22.9 Å². The number of methoxy groups -OCH3 is 1. The highest BCUT2D eigenvalue weighted by Gasteiger charge is 2.22. The molecule has 0 radical (unpaired) electrons. The van der Waals surface area contributed by atoms with Crippen LogP contribution in [0.2, 0.25) is 5.02 Å². The van der Waals surface area contributed by atoms with E-state index in [0.717, 1.165) is 16.7 Å². The highest BCUT2D eigenvalue weighted by Crippen LogP contribution is 2.26. The van der Waals surface area contributed by atoms with Crippen molar-refractivity contribution in [2.24, 2.45) is 0 Å². The molecule has 29 heavy (non-hydrogen) atoms. The molecule has 0 saturated carbocycles. The molecule has 0 aliphatic carbocycles. The first kappa shape index (κ1) is 21.4. The van der Waals surface area contributed by atoms with Crippen LogP contribution >= 0.6 is 22.9 Å². The van der Waals surface area contributed by atoms with E-state index in [0.29, 0.717) is 18.8 Å². The average molecular weight is 450 g/mol. The number of halogens is 1. The quantitative estimate of drug-likeness (QED) is 0.526. The van der Waals surface area contributed by atoms with Crippen molar-refractivity contribution in [3.8, 4) is 5.75 Å². The summed E-state index contributed by atoms with van der Waals surface area (Å²) >= 11 is 7.58. The molecule has 0 atom stereocenters. The third-order valence-electron chi connectivity index (χ3n) is 4.35. The molecule has 0 N–H and O–H groups in total. The van der Waals surface area contributed by atoms with Crippen LogP contribution < -0.4 is 4.74 Å². The van der Waals surface area contributed by atoms with Crippen molar-refractivity contribution < 1.29 is 17.9 Å². The molecule has 5 nitrogen and oxygen atoms in total. The summed E-state index contributed by atoms with van der Waals surface area (Å²) in [5, 5.41) is 2.05. The number of benzene rings is 2. The van der Waals surface area contributed by atoms with Gasteiger partial charge >= 0.3 is 0 Å². The molecule has 152 valence electrons. The van der Waals surface area contributed by atoms with Crippen LogP contribution in [0.25, 0.3) is 0 Å². The van der Waals surface area contributed by atoms with Gasteiger partial charge in [-0.05, 0) is 35.7 Å². The Morgan fingerprint density at radius 1 is 1.10 bits per heavy atom. The smallest absolute Gasteiger partial charge is 0.254 e. The molecule has 3 aromatic rings. The van der Waals surface area contributed by atoms with Gasteiger partial charge in [0.1, 0.15) is 5.75 Å². The van der Waals surface area contributed by atoms with Crippen LogP contribution in [0.3, 0.4) is 0 Å². The number of hydrogen-bond donors (Lipinski definition) is 0. The van der Waals surface area contributed by atoms with Crippen LogP contribution in [0, 0.1) is 0 Å². The maximum Gasteiger partial charge on any atom is 0.254 e. The van der Waals surface area contributed by atoms with E-state index in [1.807, 2.05) is 41.8 Å². The normalized spacial score (nSPS) is 11.3. The zero-order valence-electron chi connectivity index (χ0n) is 16.0. The summed E-state index contributed by atoms with van der Waals surface area (Å²) in [5.74, 6) is 0.398. The van der Waals surface area contributed by atoms with E-state index in [1.54, 1.807) is 29.4 Å². The Bertz CT molecular complexity index is 1110. The van der Waals surface area contributed by atoms with E-state index in [9.17, 15) is 13.2 Å². The first-order valence-corrected chi connectivity index (χ1v) is 11.9. The van der Waals surface area contributed by atoms with Gasteiger partial charge in [0.15, 0.2) is 9.84 Å². The van der Waals surface area contributed by atoms with Crippen molar-refractivity contribution in [1.82, 2.24) is 4.90 Å². The highest BCUT2D eigenvalue weighted by atomic mass is 35.5. The average Bonchev–Trinajstić information content (AvgIpc) is 3.20. The molecule has 3 rings (SSSR count). The third kappa shape index (κ3) is 5.18. The second kappa shape index (κ2) is 8.98. The monoisotopic (exact) mass is 449 g/mol. The molecule has 2 aromatic carbocycles. The predicted octanol–water partition coefficient (Wildman–Crippen LogP) is 4.66. The SMILES string of the molecule is COc1ccccc1CN(Cc1cccs1)C(=O)c1ccc(Cl)c(S(C)(=O)=O)c1. The minimum absolute atomic E-state index is 0.0571. The summed E-state index contributed by atoms with van der Waals surface area (Å²) < 4.78 is 29.4. The maximum absolute atomic E-state index is 13.3. The van der Waals surface area contributed by atoms with Gasteiger partial charge in [-0.15, -0.1) is 11.3 Å². The molecule has 1 heterocycles. The van der Waals surface area contributed by atoms with Gasteiger partial charge in [0.25, 0.3) is 5.91 Å². The molecular weight excluding hydrogens is 430 g/mol. The minimum atomic E-state index is -3.56. The number of thiophene rings is 1. The summed E-state index contributed by atoms with van der Waals surface area (Å²) in [5.41, 5.74) is 1.12. The zero-order valence-corrected chi connectivity index (χ0v) is 18.4. The number of sulfone groups is 1. The van der Waals surface area contributed by atoms with Gasteiger partial charge in [-0.3, -0.25) is 4.79 Å². The topological polar surface area (TPSA) is 63.7 Å². The number of hydrogen-bond acceptors (Lipinski definition) is 5. The summed E-state index contributed by atoms with van der Waals surface area (Å²) in [4.78, 5) is 15.9. The van der Waals surface area contributed by atoms with Gasteiger partial charge < -0.3 is 9.64 Å². The van der Waals surface area contributed by atoms with E-state index in [-0.39, 0.29) is 21.4 Å². The Labute approximate surface area is 179 Å². The Hall–Kier alpha value is -2.35. The highest BCUT2D eigenvalue weighted by molar-refractivity contribution is 7.90. The Morgan fingerprint density at radius 3 is 2.52 bits per heavy atom. The fraction of sp³-hybridized carbons (Fsp3) is 0.190. The summed E-state index contributed by atoms with van der Waals surface area (Å²) in [6.07, 6.45) is 1.07. The van der Waals surface area contributed by atoms with Crippen LogP contribution in [0.1, 0.15) is 20.8 Å². The molecule has 1 amide bonds. The Kier molecular flexibility index (Phi) is 6.62. The first-order valence-electron chi connectivity index (χ1n) is 8.72. The molecule has 0 spiro atoms. The fourth-order valence-electron chi connectivity index (χ4n) is 2.93. The predicted molar refractivity (Wildman–Crippen MR) is 115 cm³/mol. The molecule has 0 unspecified atom stereocenters. The van der Waals surface area contributed by atoms with Crippen LogP contribution in [0.15, 0.2) is 64.9 Å². The van der Waals surface area contributed by atoms with Crippen molar-refractivity contribution in [3.63, 3.8) is 0 Å².